The van der Waals surface area contributed by atoms with Crippen LogP contribution in [0.2, 0.25) is 0 Å². The Morgan fingerprint density at radius 3 is 2.75 bits per heavy atom. The Kier molecular flexibility index (Phi) is 5.78. The van der Waals surface area contributed by atoms with E-state index in [9.17, 15) is 5.11 Å². The maximum atomic E-state index is 9.93. The van der Waals surface area contributed by atoms with Crippen molar-refractivity contribution in [1.29, 1.82) is 0 Å². The van der Waals surface area contributed by atoms with E-state index in [1.807, 2.05) is 33.2 Å². The van der Waals surface area contributed by atoms with Gasteiger partial charge in [0.2, 0.25) is 0 Å². The second kappa shape index (κ2) is 8.32. The van der Waals surface area contributed by atoms with Crippen molar-refractivity contribution in [2.24, 2.45) is 10.9 Å². The summed E-state index contributed by atoms with van der Waals surface area (Å²) in [6.07, 6.45) is 5.22. The van der Waals surface area contributed by atoms with Crippen molar-refractivity contribution in [3.05, 3.63) is 16.3 Å². The minimum atomic E-state index is -0.664. The number of anilines is 1. The second-order valence-electron chi connectivity index (χ2n) is 9.05. The van der Waals surface area contributed by atoms with Crippen molar-refractivity contribution in [3.8, 4) is 10.6 Å². The molecule has 0 radical (unpaired) electrons. The number of ether oxygens (including phenoxy) is 2. The molecule has 10 heteroatoms. The molecule has 4 heterocycles. The Hall–Kier alpha value is -1.59. The van der Waals surface area contributed by atoms with Gasteiger partial charge in [0.25, 0.3) is 0 Å². The molecule has 2 N–H and O–H groups in total. The predicted molar refractivity (Wildman–Crippen MR) is 127 cm³/mol. The molecule has 2 aromatic heterocycles. The molecular weight excluding hydrogens is 446 g/mol. The summed E-state index contributed by atoms with van der Waals surface area (Å²) < 4.78 is 12.3. The van der Waals surface area contributed by atoms with E-state index in [2.05, 4.69) is 17.2 Å². The summed E-state index contributed by atoms with van der Waals surface area (Å²) in [6, 6.07) is 0.0394. The highest BCUT2D eigenvalue weighted by molar-refractivity contribution is 7.98. The number of thioether (sulfide) groups is 1. The Bertz CT molecular complexity index is 1060. The summed E-state index contributed by atoms with van der Waals surface area (Å²) in [7, 11) is 0. The number of aliphatic hydroxyl groups is 1. The van der Waals surface area contributed by atoms with Gasteiger partial charge in [-0.05, 0) is 40.4 Å². The molecule has 2 aliphatic heterocycles. The highest BCUT2D eigenvalue weighted by atomic mass is 32.2. The molecule has 172 valence electrons. The zero-order valence-corrected chi connectivity index (χ0v) is 20.6. The van der Waals surface area contributed by atoms with Gasteiger partial charge in [0.1, 0.15) is 16.9 Å². The normalized spacial score (nSPS) is 30.4. The number of thiazole rings is 1. The molecule has 5 unspecified atom stereocenters. The van der Waals surface area contributed by atoms with Gasteiger partial charge in [0.05, 0.1) is 35.1 Å². The number of hydrogen-bond donors (Lipinski definition) is 2. The van der Waals surface area contributed by atoms with E-state index in [1.54, 1.807) is 11.3 Å². The van der Waals surface area contributed by atoms with Crippen molar-refractivity contribution in [1.82, 2.24) is 15.0 Å². The lowest BCUT2D eigenvalue weighted by molar-refractivity contribution is -0.158. The van der Waals surface area contributed by atoms with Gasteiger partial charge in [-0.25, -0.2) is 15.0 Å². The SMILES string of the molecule is CSc1nc(C)c(-c2nc3c(s2)CC=NC3C)c(NC2CC(CO)C3OC(C)(C)OC23)n1. The molecule has 0 spiro atoms. The van der Waals surface area contributed by atoms with E-state index in [-0.39, 0.29) is 36.8 Å². The van der Waals surface area contributed by atoms with Crippen molar-refractivity contribution < 1.29 is 14.6 Å². The first-order valence-corrected chi connectivity index (χ1v) is 13.0. The van der Waals surface area contributed by atoms with Gasteiger partial charge in [-0.15, -0.1) is 11.3 Å². The van der Waals surface area contributed by atoms with Crippen LogP contribution in [0.3, 0.4) is 0 Å². The lowest BCUT2D eigenvalue weighted by Crippen LogP contribution is -2.35. The topological polar surface area (TPSA) is 102 Å². The van der Waals surface area contributed by atoms with Crippen LogP contribution in [0.25, 0.3) is 10.6 Å². The number of hydrogen-bond acceptors (Lipinski definition) is 10. The van der Waals surface area contributed by atoms with Crippen LogP contribution in [0.5, 0.6) is 0 Å². The van der Waals surface area contributed by atoms with Gasteiger partial charge in [-0.3, -0.25) is 4.99 Å². The first-order valence-electron chi connectivity index (χ1n) is 11.0. The number of aliphatic hydroxyl groups excluding tert-OH is 1. The molecule has 1 aliphatic carbocycles. The molecule has 0 amide bonds. The number of rotatable bonds is 5. The van der Waals surface area contributed by atoms with Crippen LogP contribution in [0.15, 0.2) is 10.1 Å². The first kappa shape index (κ1) is 22.2. The van der Waals surface area contributed by atoms with Gasteiger partial charge in [-0.2, -0.15) is 0 Å². The van der Waals surface area contributed by atoms with Crippen LogP contribution in [-0.4, -0.2) is 63.2 Å². The quantitative estimate of drug-likeness (QED) is 0.499. The van der Waals surface area contributed by atoms with Crippen molar-refractivity contribution >= 4 is 35.1 Å². The number of aliphatic imine (C=N–C) groups is 1. The number of nitrogens with one attached hydrogen (secondary N) is 1. The van der Waals surface area contributed by atoms with E-state index in [0.717, 1.165) is 40.6 Å². The van der Waals surface area contributed by atoms with E-state index in [0.29, 0.717) is 5.16 Å². The minimum absolute atomic E-state index is 0.0239. The smallest absolute Gasteiger partial charge is 0.189 e. The van der Waals surface area contributed by atoms with E-state index >= 15 is 0 Å². The summed E-state index contributed by atoms with van der Waals surface area (Å²) in [6.45, 7) is 8.00. The zero-order chi connectivity index (χ0) is 22.6. The monoisotopic (exact) mass is 475 g/mol. The van der Waals surface area contributed by atoms with Gasteiger partial charge >= 0.3 is 0 Å². The van der Waals surface area contributed by atoms with Crippen LogP contribution in [0.4, 0.5) is 5.82 Å². The van der Waals surface area contributed by atoms with E-state index < -0.39 is 5.79 Å². The van der Waals surface area contributed by atoms with Crippen LogP contribution < -0.4 is 5.32 Å². The standard InChI is InChI=1S/C22H29N5O3S2/c1-10-15(20-26-16-11(2)23-7-6-14(16)32-20)19(27-21(24-10)31-5)25-13-8-12(9-28)17-18(13)30-22(3,4)29-17/h7,11-13,17-18,28H,6,8-9H2,1-5H3,(H,24,25,27). The average molecular weight is 476 g/mol. The summed E-state index contributed by atoms with van der Waals surface area (Å²) in [4.78, 5) is 20.3. The van der Waals surface area contributed by atoms with Crippen LogP contribution in [0, 0.1) is 12.8 Å². The third kappa shape index (κ3) is 3.86. The van der Waals surface area contributed by atoms with Crippen LogP contribution in [-0.2, 0) is 15.9 Å². The fourth-order valence-corrected chi connectivity index (χ4v) is 6.50. The van der Waals surface area contributed by atoms with Gasteiger partial charge in [0.15, 0.2) is 10.9 Å². The van der Waals surface area contributed by atoms with Crippen LogP contribution >= 0.6 is 23.1 Å². The highest BCUT2D eigenvalue weighted by Gasteiger charge is 2.54. The molecule has 0 aromatic carbocycles. The molecule has 5 rings (SSSR count). The molecule has 1 saturated carbocycles. The van der Waals surface area contributed by atoms with E-state index in [4.69, 9.17) is 24.4 Å². The number of aromatic nitrogens is 3. The first-order chi connectivity index (χ1) is 15.3. The van der Waals surface area contributed by atoms with Crippen LogP contribution in [0.1, 0.15) is 49.5 Å². The highest BCUT2D eigenvalue weighted by Crippen LogP contribution is 2.44. The fraction of sp³-hybridized carbons (Fsp3) is 0.636. The van der Waals surface area contributed by atoms with Crippen molar-refractivity contribution in [2.75, 3.05) is 18.2 Å². The Morgan fingerprint density at radius 2 is 2.03 bits per heavy atom. The zero-order valence-electron chi connectivity index (χ0n) is 19.0. The Balaban J connectivity index is 1.52. The number of aryl methyl sites for hydroxylation is 1. The molecular formula is C22H29N5O3S2. The summed E-state index contributed by atoms with van der Waals surface area (Å²) in [5.74, 6) is 0.121. The molecule has 2 aromatic rings. The van der Waals surface area contributed by atoms with Crippen molar-refractivity contribution in [3.63, 3.8) is 0 Å². The van der Waals surface area contributed by atoms with E-state index in [1.165, 1.54) is 16.6 Å². The largest absolute Gasteiger partial charge is 0.396 e. The summed E-state index contributed by atoms with van der Waals surface area (Å²) >= 11 is 3.21. The molecule has 8 nitrogen and oxygen atoms in total. The van der Waals surface area contributed by atoms with Crippen molar-refractivity contribution in [2.45, 2.75) is 75.8 Å². The average Bonchev–Trinajstić information content (AvgIpc) is 3.39. The van der Waals surface area contributed by atoms with Gasteiger partial charge in [-0.1, -0.05) is 11.8 Å². The molecule has 32 heavy (non-hydrogen) atoms. The summed E-state index contributed by atoms with van der Waals surface area (Å²) in [5, 5.41) is 15.2. The maximum absolute atomic E-state index is 9.93. The minimum Gasteiger partial charge on any atom is -0.396 e. The molecule has 3 aliphatic rings. The second-order valence-corrected chi connectivity index (χ2v) is 10.9. The lowest BCUT2D eigenvalue weighted by Gasteiger charge is -2.24. The molecule has 1 saturated heterocycles. The number of nitrogens with zero attached hydrogens (tertiary/aromatic N) is 4. The molecule has 2 fully saturated rings. The Labute approximate surface area is 196 Å². The van der Waals surface area contributed by atoms with Gasteiger partial charge < -0.3 is 19.9 Å². The fourth-order valence-electron chi connectivity index (χ4n) is 4.89. The lowest BCUT2D eigenvalue weighted by atomic mass is 10.1. The predicted octanol–water partition coefficient (Wildman–Crippen LogP) is 3.63. The molecule has 0 bridgehead atoms. The third-order valence-corrected chi connectivity index (χ3v) is 7.99. The molecule has 5 atom stereocenters. The number of fused-ring (bicyclic) bond motifs is 2. The Morgan fingerprint density at radius 1 is 1.25 bits per heavy atom. The van der Waals surface area contributed by atoms with Gasteiger partial charge in [0, 0.05) is 30.0 Å². The summed E-state index contributed by atoms with van der Waals surface area (Å²) in [5.41, 5.74) is 2.86. The third-order valence-electron chi connectivity index (χ3n) is 6.33. The maximum Gasteiger partial charge on any atom is 0.189 e.